The van der Waals surface area contributed by atoms with Crippen molar-refractivity contribution in [3.05, 3.63) is 70.6 Å². The summed E-state index contributed by atoms with van der Waals surface area (Å²) in [6.07, 6.45) is 4.96. The molecule has 46 heavy (non-hydrogen) atoms. The molecule has 5 rings (SSSR count). The molecule has 1 unspecified atom stereocenters. The Morgan fingerprint density at radius 1 is 1.02 bits per heavy atom. The van der Waals surface area contributed by atoms with Gasteiger partial charge in [0.15, 0.2) is 5.78 Å². The van der Waals surface area contributed by atoms with E-state index in [1.165, 1.54) is 17.4 Å². The van der Waals surface area contributed by atoms with Crippen molar-refractivity contribution < 1.29 is 40.9 Å². The van der Waals surface area contributed by atoms with Gasteiger partial charge in [0.25, 0.3) is 0 Å². The number of ketones is 1. The number of allylic oxidation sites excluding steroid dienone is 2. The maximum atomic E-state index is 11.7. The van der Waals surface area contributed by atoms with E-state index in [9.17, 15) is 15.0 Å². The van der Waals surface area contributed by atoms with Gasteiger partial charge in [-0.05, 0) is 74.1 Å². The summed E-state index contributed by atoms with van der Waals surface area (Å²) in [5.74, 6) is 0.547. The Bertz CT molecular complexity index is 1880. The Hall–Kier alpha value is -2.90. The summed E-state index contributed by atoms with van der Waals surface area (Å²) in [4.78, 5) is 21.6. The fourth-order valence-corrected chi connectivity index (χ4v) is 7.01. The van der Waals surface area contributed by atoms with Gasteiger partial charge in [-0.15, -0.1) is 29.5 Å². The maximum Gasteiger partial charge on any atom is 0.216 e. The van der Waals surface area contributed by atoms with Gasteiger partial charge in [-0.1, -0.05) is 59.4 Å². The van der Waals surface area contributed by atoms with Crippen molar-refractivity contribution in [2.45, 2.75) is 94.1 Å². The van der Waals surface area contributed by atoms with Crippen LogP contribution in [-0.4, -0.2) is 26.0 Å². The Labute approximate surface area is 292 Å². The van der Waals surface area contributed by atoms with E-state index in [1.54, 1.807) is 6.20 Å². The van der Waals surface area contributed by atoms with Gasteiger partial charge in [0.05, 0.1) is 18.8 Å². The number of thiophene rings is 1. The van der Waals surface area contributed by atoms with Crippen LogP contribution in [0.15, 0.2) is 52.8 Å². The molecule has 0 aliphatic rings. The molecule has 4 aromatic heterocycles. The van der Waals surface area contributed by atoms with Crippen LogP contribution in [0.5, 0.6) is 0 Å². The average Bonchev–Trinajstić information content (AvgIpc) is 3.55. The van der Waals surface area contributed by atoms with Gasteiger partial charge >= 0.3 is 0 Å². The molecule has 0 bridgehead atoms. The molecule has 2 N–H and O–H groups in total. The number of furan rings is 1. The maximum absolute atomic E-state index is 11.7. The van der Waals surface area contributed by atoms with Crippen molar-refractivity contribution in [2.75, 3.05) is 0 Å². The summed E-state index contributed by atoms with van der Waals surface area (Å²) in [7, 11) is 0. The third-order valence-corrected chi connectivity index (χ3v) is 9.86. The molecule has 249 valence electrons. The van der Waals surface area contributed by atoms with Gasteiger partial charge < -0.3 is 19.6 Å². The number of carbonyl (C=O) groups excluding carboxylic acids is 1. The molecule has 0 aliphatic carbocycles. The first-order valence-corrected chi connectivity index (χ1v) is 16.8. The second-order valence-electron chi connectivity index (χ2n) is 12.7. The topological polar surface area (TPSA) is 96.5 Å². The van der Waals surface area contributed by atoms with E-state index in [2.05, 4.69) is 16.0 Å². The Morgan fingerprint density at radius 3 is 2.28 bits per heavy atom. The van der Waals surface area contributed by atoms with Crippen LogP contribution in [-0.2, 0) is 24.9 Å². The fourth-order valence-electron chi connectivity index (χ4n) is 5.56. The minimum atomic E-state index is -1.71. The van der Waals surface area contributed by atoms with E-state index in [4.69, 9.17) is 5.79 Å². The molecule has 1 aromatic carbocycles. The van der Waals surface area contributed by atoms with Crippen LogP contribution < -0.4 is 0 Å². The van der Waals surface area contributed by atoms with Crippen LogP contribution in [0.25, 0.3) is 43.4 Å². The van der Waals surface area contributed by atoms with E-state index in [0.717, 1.165) is 69.1 Å². The minimum Gasteiger partial charge on any atom is -0.512 e. The number of fused-ring (bicyclic) bond motifs is 4. The minimum absolute atomic E-state index is 0. The Kier molecular flexibility index (Phi) is 12.3. The quantitative estimate of drug-likeness (QED) is 0.0873. The standard InChI is InChI=1S/C25H23N2O2S.C13H24O2.Ir/c1-13-9-10-17-16-7-6-8-18(20(16)29-24(17)27-13)19-22-15(11-12-26-19)14(2)21(30-22)23(28)25(3,4)5;1-5-10(6-2)12(14)9-13(15)11(7-3)8-4;/h6-7,9-12,23,28H,1-5H3;9-11,14H,5-8H2,1-4H3;/q-1;;/b;12-9-;/i23D;;. The zero-order chi connectivity index (χ0) is 34.0. The summed E-state index contributed by atoms with van der Waals surface area (Å²) in [5.41, 5.74) is 3.96. The molecular weight excluding hydrogens is 773 g/mol. The predicted octanol–water partition coefficient (Wildman–Crippen LogP) is 10.6. The Morgan fingerprint density at radius 2 is 1.67 bits per heavy atom. The summed E-state index contributed by atoms with van der Waals surface area (Å²) in [6, 6.07) is 13.1. The van der Waals surface area contributed by atoms with Crippen molar-refractivity contribution in [3.63, 3.8) is 0 Å². The van der Waals surface area contributed by atoms with E-state index in [1.807, 2.05) is 92.6 Å². The number of nitrogens with zero attached hydrogens (tertiary/aromatic N) is 2. The van der Waals surface area contributed by atoms with Crippen molar-refractivity contribution in [2.24, 2.45) is 17.3 Å². The van der Waals surface area contributed by atoms with Crippen molar-refractivity contribution >= 4 is 49.3 Å². The molecule has 8 heteroatoms. The second-order valence-corrected chi connectivity index (χ2v) is 13.7. The number of pyridine rings is 2. The molecule has 5 aromatic rings. The molecular formula is C38H47IrN2O4S-. The molecule has 0 fully saturated rings. The fraction of sp³-hybridized carbons (Fsp3) is 0.447. The second kappa shape index (κ2) is 15.8. The SMILES string of the molecule is CCC(CC)C(=O)/C=C(\O)C(CC)CC.[2H]C(O)(c1sc2c(-c3[c-]ccc4c3oc3nc(C)ccc34)nccc2c1C)C(C)(C)C.[Ir]. The molecule has 0 spiro atoms. The number of benzene rings is 1. The van der Waals surface area contributed by atoms with Crippen LogP contribution in [0.1, 0.15) is 97.7 Å². The van der Waals surface area contributed by atoms with Crippen LogP contribution in [0, 0.1) is 37.2 Å². The van der Waals surface area contributed by atoms with E-state index < -0.39 is 11.5 Å². The van der Waals surface area contributed by atoms with E-state index in [0.29, 0.717) is 16.2 Å². The third-order valence-electron chi connectivity index (χ3n) is 8.54. The number of aliphatic hydroxyl groups excluding tert-OH is 1. The Balaban J connectivity index is 0.000000322. The molecule has 1 radical (unpaired) electrons. The molecule has 1 atom stereocenters. The van der Waals surface area contributed by atoms with Gasteiger partial charge in [-0.3, -0.25) is 4.79 Å². The van der Waals surface area contributed by atoms with Gasteiger partial charge in [0.2, 0.25) is 5.71 Å². The first-order chi connectivity index (χ1) is 21.7. The molecule has 0 saturated carbocycles. The average molecular weight is 821 g/mol. The zero-order valence-corrected chi connectivity index (χ0v) is 31.6. The summed E-state index contributed by atoms with van der Waals surface area (Å²) < 4.78 is 15.8. The molecule has 4 heterocycles. The number of carbonyl (C=O) groups is 1. The molecule has 0 amide bonds. The van der Waals surface area contributed by atoms with E-state index in [-0.39, 0.29) is 43.5 Å². The van der Waals surface area contributed by atoms with Crippen LogP contribution in [0.4, 0.5) is 0 Å². The number of aliphatic hydroxyl groups is 2. The third kappa shape index (κ3) is 7.79. The largest absolute Gasteiger partial charge is 0.512 e. The normalized spacial score (nSPS) is 13.9. The van der Waals surface area contributed by atoms with Crippen molar-refractivity contribution in [1.82, 2.24) is 9.97 Å². The number of rotatable bonds is 9. The first-order valence-electron chi connectivity index (χ1n) is 16.5. The molecule has 6 nitrogen and oxygen atoms in total. The summed E-state index contributed by atoms with van der Waals surface area (Å²) in [6.45, 7) is 17.6. The van der Waals surface area contributed by atoms with Gasteiger partial charge in [0, 0.05) is 70.6 Å². The van der Waals surface area contributed by atoms with Gasteiger partial charge in [-0.2, -0.15) is 0 Å². The van der Waals surface area contributed by atoms with Gasteiger partial charge in [0.1, 0.15) is 0 Å². The predicted molar refractivity (Wildman–Crippen MR) is 187 cm³/mol. The number of hydrogen-bond donors (Lipinski definition) is 2. The smallest absolute Gasteiger partial charge is 0.216 e. The van der Waals surface area contributed by atoms with Crippen LogP contribution >= 0.6 is 11.3 Å². The molecule has 0 saturated heterocycles. The van der Waals surface area contributed by atoms with Crippen LogP contribution in [0.3, 0.4) is 0 Å². The zero-order valence-electron chi connectivity index (χ0n) is 29.4. The summed E-state index contributed by atoms with van der Waals surface area (Å²) >= 11 is 1.42. The van der Waals surface area contributed by atoms with E-state index >= 15 is 0 Å². The molecule has 0 aliphatic heterocycles. The first kappa shape index (κ1) is 35.9. The monoisotopic (exact) mass is 821 g/mol. The number of hydrogen-bond acceptors (Lipinski definition) is 7. The number of aromatic nitrogens is 2. The number of aryl methyl sites for hydroxylation is 2. The van der Waals surface area contributed by atoms with Crippen molar-refractivity contribution in [1.29, 1.82) is 0 Å². The van der Waals surface area contributed by atoms with Crippen LogP contribution in [0.2, 0.25) is 0 Å². The van der Waals surface area contributed by atoms with Gasteiger partial charge in [-0.25, -0.2) is 4.98 Å². The summed E-state index contributed by atoms with van der Waals surface area (Å²) in [5, 5.41) is 23.7. The van der Waals surface area contributed by atoms with Crippen molar-refractivity contribution in [3.8, 4) is 11.3 Å².